The molecule has 1 aliphatic rings. The highest BCUT2D eigenvalue weighted by Gasteiger charge is 2.26. The van der Waals surface area contributed by atoms with E-state index in [9.17, 15) is 13.2 Å². The first-order valence-electron chi connectivity index (χ1n) is 8.00. The molecule has 0 aromatic heterocycles. The quantitative estimate of drug-likeness (QED) is 0.777. The third kappa shape index (κ3) is 3.11. The van der Waals surface area contributed by atoms with Gasteiger partial charge < -0.3 is 9.47 Å². The Morgan fingerprint density at radius 3 is 2.88 bits per heavy atom. The minimum atomic E-state index is -3.46. The second-order valence-electron chi connectivity index (χ2n) is 6.05. The van der Waals surface area contributed by atoms with Gasteiger partial charge in [-0.2, -0.15) is 0 Å². The van der Waals surface area contributed by atoms with Crippen molar-refractivity contribution in [2.24, 2.45) is 5.92 Å². The number of rotatable bonds is 5. The van der Waals surface area contributed by atoms with Crippen LogP contribution in [0.4, 0.5) is 0 Å². The number of hydrogen-bond acceptors (Lipinski definition) is 5. The van der Waals surface area contributed by atoms with Crippen LogP contribution in [0.25, 0.3) is 10.8 Å². The molecule has 2 aromatic rings. The third-order valence-electron chi connectivity index (χ3n) is 4.32. The van der Waals surface area contributed by atoms with Gasteiger partial charge in [-0.15, -0.1) is 0 Å². The molecule has 2 aromatic carbocycles. The predicted octanol–water partition coefficient (Wildman–Crippen LogP) is 3.10. The van der Waals surface area contributed by atoms with E-state index >= 15 is 0 Å². The molecule has 3 rings (SSSR count). The molecule has 5 nitrogen and oxygen atoms in total. The normalized spacial score (nSPS) is 16.4. The molecule has 24 heavy (non-hydrogen) atoms. The molecule has 0 saturated heterocycles. The van der Waals surface area contributed by atoms with E-state index in [4.69, 9.17) is 9.47 Å². The van der Waals surface area contributed by atoms with Gasteiger partial charge in [0.15, 0.2) is 5.94 Å². The van der Waals surface area contributed by atoms with Gasteiger partial charge in [0.25, 0.3) is 0 Å². The third-order valence-corrected chi connectivity index (χ3v) is 5.74. The summed E-state index contributed by atoms with van der Waals surface area (Å²) in [6, 6.07) is 9.06. The largest absolute Gasteiger partial charge is 0.477 e. The van der Waals surface area contributed by atoms with Crippen molar-refractivity contribution in [3.63, 3.8) is 0 Å². The van der Waals surface area contributed by atoms with Gasteiger partial charge in [-0.1, -0.05) is 32.0 Å². The number of sulfone groups is 1. The van der Waals surface area contributed by atoms with Gasteiger partial charge >= 0.3 is 5.97 Å². The number of ether oxygens (including phenoxy) is 2. The maximum absolute atomic E-state index is 12.3. The van der Waals surface area contributed by atoms with Crippen LogP contribution in [0.3, 0.4) is 0 Å². The first-order chi connectivity index (χ1) is 11.4. The smallest absolute Gasteiger partial charge is 0.308 e. The fourth-order valence-electron chi connectivity index (χ4n) is 2.71. The van der Waals surface area contributed by atoms with Gasteiger partial charge in [0, 0.05) is 11.8 Å². The summed E-state index contributed by atoms with van der Waals surface area (Å²) in [5, 5.41) is 1.45. The summed E-state index contributed by atoms with van der Waals surface area (Å²) < 4.78 is 35.2. The average Bonchev–Trinajstić information content (AvgIpc) is 2.57. The molecule has 0 N–H and O–H groups in total. The van der Waals surface area contributed by atoms with Crippen LogP contribution >= 0.6 is 0 Å². The fourth-order valence-corrected chi connectivity index (χ4v) is 3.98. The molecular weight excluding hydrogens is 328 g/mol. The van der Waals surface area contributed by atoms with Crippen molar-refractivity contribution in [3.8, 4) is 5.75 Å². The van der Waals surface area contributed by atoms with Crippen molar-refractivity contribution >= 4 is 26.6 Å². The molecule has 1 atom stereocenters. The maximum atomic E-state index is 12.3. The topological polar surface area (TPSA) is 69.7 Å². The lowest BCUT2D eigenvalue weighted by Gasteiger charge is -2.19. The zero-order valence-corrected chi connectivity index (χ0v) is 14.6. The summed E-state index contributed by atoms with van der Waals surface area (Å²) in [4.78, 5) is 12.0. The molecule has 1 heterocycles. The average molecular weight is 348 g/mol. The zero-order valence-electron chi connectivity index (χ0n) is 13.7. The van der Waals surface area contributed by atoms with Gasteiger partial charge in [-0.25, -0.2) is 8.42 Å². The fraction of sp³-hybridized carbons (Fsp3) is 0.389. The Morgan fingerprint density at radius 1 is 1.33 bits per heavy atom. The van der Waals surface area contributed by atoms with Crippen LogP contribution in [0.5, 0.6) is 5.75 Å². The molecule has 1 unspecified atom stereocenters. The number of hydrogen-bond donors (Lipinski definition) is 0. The van der Waals surface area contributed by atoms with Crippen molar-refractivity contribution in [3.05, 3.63) is 35.9 Å². The van der Waals surface area contributed by atoms with E-state index in [-0.39, 0.29) is 24.4 Å². The zero-order chi connectivity index (χ0) is 17.3. The molecule has 0 amide bonds. The Hall–Kier alpha value is -2.08. The summed E-state index contributed by atoms with van der Waals surface area (Å²) in [5.74, 6) is -0.0937. The monoisotopic (exact) mass is 348 g/mol. The van der Waals surface area contributed by atoms with E-state index in [0.717, 1.165) is 17.4 Å². The molecule has 0 bridgehead atoms. The van der Waals surface area contributed by atoms with Crippen LogP contribution in [-0.4, -0.2) is 26.9 Å². The van der Waals surface area contributed by atoms with Gasteiger partial charge in [0.05, 0.1) is 17.4 Å². The molecule has 128 valence electrons. The molecule has 1 aliphatic heterocycles. The molecule has 0 fully saturated rings. The number of carbonyl (C=O) groups excluding carboxylic acids is 1. The molecule has 0 spiro atoms. The summed E-state index contributed by atoms with van der Waals surface area (Å²) in [5.41, 5.74) is 0.831. The Morgan fingerprint density at radius 2 is 2.12 bits per heavy atom. The summed E-state index contributed by atoms with van der Waals surface area (Å²) in [7, 11) is -3.46. The second kappa shape index (κ2) is 6.43. The molecule has 0 aliphatic carbocycles. The van der Waals surface area contributed by atoms with Crippen molar-refractivity contribution in [1.29, 1.82) is 0 Å². The van der Waals surface area contributed by atoms with Crippen molar-refractivity contribution < 1.29 is 22.7 Å². The van der Waals surface area contributed by atoms with Gasteiger partial charge in [-0.3, -0.25) is 4.79 Å². The highest BCUT2D eigenvalue weighted by Crippen LogP contribution is 2.37. The highest BCUT2D eigenvalue weighted by atomic mass is 32.2. The number of esters is 1. The Kier molecular flexibility index (Phi) is 4.49. The minimum Gasteiger partial charge on any atom is -0.477 e. The van der Waals surface area contributed by atoms with Crippen LogP contribution in [0.15, 0.2) is 35.2 Å². The SMILES string of the molecule is CCC(C)C(=O)OCCc1cc2c3c(cccc3c1)OCS2(=O)=O. The summed E-state index contributed by atoms with van der Waals surface area (Å²) in [6.07, 6.45) is 1.21. The first-order valence-corrected chi connectivity index (χ1v) is 9.65. The van der Waals surface area contributed by atoms with Crippen molar-refractivity contribution in [2.75, 3.05) is 12.5 Å². The van der Waals surface area contributed by atoms with Crippen LogP contribution in [0.1, 0.15) is 25.8 Å². The number of benzene rings is 2. The van der Waals surface area contributed by atoms with E-state index in [2.05, 4.69) is 0 Å². The van der Waals surface area contributed by atoms with Gasteiger partial charge in [-0.05, 0) is 29.5 Å². The van der Waals surface area contributed by atoms with E-state index < -0.39 is 9.84 Å². The van der Waals surface area contributed by atoms with Gasteiger partial charge in [0.1, 0.15) is 5.75 Å². The van der Waals surface area contributed by atoms with E-state index in [1.54, 1.807) is 12.1 Å². The van der Waals surface area contributed by atoms with E-state index in [0.29, 0.717) is 22.5 Å². The standard InChI is InChI=1S/C18H20O5S/c1-3-12(2)18(19)22-8-7-13-9-14-5-4-6-15-17(14)16(10-13)24(20,21)11-23-15/h4-6,9-10,12H,3,7-8,11H2,1-2H3. The molecule has 0 saturated carbocycles. The molecule has 0 radical (unpaired) electrons. The van der Waals surface area contributed by atoms with Gasteiger partial charge in [0.2, 0.25) is 9.84 Å². The van der Waals surface area contributed by atoms with Crippen LogP contribution in [-0.2, 0) is 25.8 Å². The lowest BCUT2D eigenvalue weighted by Crippen LogP contribution is -2.18. The summed E-state index contributed by atoms with van der Waals surface area (Å²) in [6.45, 7) is 4.01. The first kappa shape index (κ1) is 16.8. The van der Waals surface area contributed by atoms with Crippen molar-refractivity contribution in [1.82, 2.24) is 0 Å². The van der Waals surface area contributed by atoms with Crippen LogP contribution in [0.2, 0.25) is 0 Å². The Bertz CT molecular complexity index is 886. The van der Waals surface area contributed by atoms with Crippen LogP contribution < -0.4 is 4.74 Å². The van der Waals surface area contributed by atoms with E-state index in [1.807, 2.05) is 32.0 Å². The number of carbonyl (C=O) groups is 1. The molecular formula is C18H20O5S. The van der Waals surface area contributed by atoms with E-state index in [1.165, 1.54) is 0 Å². The predicted molar refractivity (Wildman–Crippen MR) is 90.7 cm³/mol. The maximum Gasteiger partial charge on any atom is 0.308 e. The highest BCUT2D eigenvalue weighted by molar-refractivity contribution is 7.91. The Labute approximate surface area is 141 Å². The Balaban J connectivity index is 1.88. The summed E-state index contributed by atoms with van der Waals surface area (Å²) >= 11 is 0. The minimum absolute atomic E-state index is 0.122. The lowest BCUT2D eigenvalue weighted by molar-refractivity contribution is -0.147. The second-order valence-corrected chi connectivity index (χ2v) is 7.96. The lowest BCUT2D eigenvalue weighted by atomic mass is 10.0. The van der Waals surface area contributed by atoms with Crippen LogP contribution in [0, 0.1) is 5.92 Å². The molecule has 6 heteroatoms. The van der Waals surface area contributed by atoms with Crippen molar-refractivity contribution in [2.45, 2.75) is 31.6 Å².